The number of nitrogens with zero attached hydrogens (tertiary/aromatic N) is 3. The molecule has 1 N–H and O–H groups in total. The van der Waals surface area contributed by atoms with Crippen LogP contribution in [0.4, 0.5) is 0 Å². The van der Waals surface area contributed by atoms with Gasteiger partial charge in [0.2, 0.25) is 0 Å². The summed E-state index contributed by atoms with van der Waals surface area (Å²) in [5.41, 5.74) is 3.35. The van der Waals surface area contributed by atoms with Gasteiger partial charge in [0.1, 0.15) is 5.75 Å². The summed E-state index contributed by atoms with van der Waals surface area (Å²) in [6, 6.07) is 19.2. The molecule has 0 unspecified atom stereocenters. The molecule has 1 aliphatic heterocycles. The Morgan fingerprint density at radius 1 is 1.03 bits per heavy atom. The highest BCUT2D eigenvalue weighted by molar-refractivity contribution is 7.80. The third-order valence-electron chi connectivity index (χ3n) is 6.29. The molecule has 0 spiro atoms. The lowest BCUT2D eigenvalue weighted by atomic mass is 9.99. The third-order valence-corrected chi connectivity index (χ3v) is 6.62. The number of rotatable bonds is 5. The molecule has 6 heteroatoms. The van der Waals surface area contributed by atoms with Crippen molar-refractivity contribution in [2.75, 3.05) is 7.11 Å². The number of aromatic nitrogens is 2. The smallest absolute Gasteiger partial charge is 0.170 e. The molecule has 3 heterocycles. The Hall–Kier alpha value is -2.86. The Morgan fingerprint density at radius 2 is 1.83 bits per heavy atom. The van der Waals surface area contributed by atoms with Crippen LogP contribution in [0.25, 0.3) is 5.69 Å². The highest BCUT2D eigenvalue weighted by Gasteiger charge is 2.44. The minimum atomic E-state index is 0.0196. The van der Waals surface area contributed by atoms with Crippen LogP contribution in [0.3, 0.4) is 0 Å². The summed E-state index contributed by atoms with van der Waals surface area (Å²) in [5, 5.41) is 4.43. The molecule has 0 radical (unpaired) electrons. The first-order chi connectivity index (χ1) is 14.8. The van der Waals surface area contributed by atoms with Crippen molar-refractivity contribution in [3.63, 3.8) is 0 Å². The van der Waals surface area contributed by atoms with Crippen LogP contribution in [0.15, 0.2) is 67.0 Å². The molecule has 30 heavy (non-hydrogen) atoms. The average molecular weight is 419 g/mol. The van der Waals surface area contributed by atoms with E-state index in [9.17, 15) is 0 Å². The predicted octanol–water partition coefficient (Wildman–Crippen LogP) is 4.80. The molecule has 3 aromatic rings. The van der Waals surface area contributed by atoms with Crippen LogP contribution < -0.4 is 10.1 Å². The number of hydrogen-bond acceptors (Lipinski definition) is 3. The van der Waals surface area contributed by atoms with Gasteiger partial charge in [-0.3, -0.25) is 4.98 Å². The van der Waals surface area contributed by atoms with Crippen molar-refractivity contribution in [3.8, 4) is 11.4 Å². The van der Waals surface area contributed by atoms with Crippen molar-refractivity contribution in [1.82, 2.24) is 19.8 Å². The van der Waals surface area contributed by atoms with Gasteiger partial charge < -0.3 is 19.5 Å². The monoisotopic (exact) mass is 418 g/mol. The van der Waals surface area contributed by atoms with Crippen LogP contribution >= 0.6 is 12.2 Å². The zero-order valence-corrected chi connectivity index (χ0v) is 17.9. The molecule has 2 aliphatic rings. The molecule has 0 amide bonds. The van der Waals surface area contributed by atoms with Crippen LogP contribution in [0, 0.1) is 0 Å². The van der Waals surface area contributed by atoms with Gasteiger partial charge in [-0.1, -0.05) is 18.9 Å². The third kappa shape index (κ3) is 3.35. The molecule has 154 valence electrons. The first-order valence-corrected chi connectivity index (χ1v) is 11.0. The van der Waals surface area contributed by atoms with Gasteiger partial charge in [0, 0.05) is 29.8 Å². The minimum Gasteiger partial charge on any atom is -0.497 e. The van der Waals surface area contributed by atoms with Crippen LogP contribution in [-0.4, -0.2) is 32.7 Å². The molecular weight excluding hydrogens is 392 g/mol. The summed E-state index contributed by atoms with van der Waals surface area (Å²) in [5.74, 6) is 0.857. The van der Waals surface area contributed by atoms with E-state index in [1.807, 2.05) is 30.5 Å². The molecule has 1 aliphatic carbocycles. The number of benzene rings is 1. The van der Waals surface area contributed by atoms with Crippen molar-refractivity contribution in [3.05, 3.63) is 78.4 Å². The lowest BCUT2D eigenvalue weighted by Crippen LogP contribution is -2.38. The normalized spacial score (nSPS) is 21.8. The highest BCUT2D eigenvalue weighted by Crippen LogP contribution is 2.43. The van der Waals surface area contributed by atoms with Crippen LogP contribution in [0.5, 0.6) is 5.75 Å². The standard InChI is InChI=1S/C24H26N4OS/c1-29-19-13-11-17(12-14-19)27-16-6-10-21(27)23-22(20-9-4-5-15-25-20)26-24(30)28(23)18-7-2-3-8-18/h4-6,9-16,18,22-23H,2-3,7-8H2,1H3,(H,26,30)/t22-,23-/m1/s1. The van der Waals surface area contributed by atoms with Gasteiger partial charge in [0.25, 0.3) is 0 Å². The van der Waals surface area contributed by atoms with Gasteiger partial charge in [-0.25, -0.2) is 0 Å². The first kappa shape index (κ1) is 19.1. The number of thiocarbonyl (C=S) groups is 1. The van der Waals surface area contributed by atoms with Gasteiger partial charge in [-0.05, 0) is 73.6 Å². The maximum absolute atomic E-state index is 5.86. The van der Waals surface area contributed by atoms with E-state index in [0.717, 1.165) is 22.2 Å². The van der Waals surface area contributed by atoms with Crippen molar-refractivity contribution >= 4 is 17.3 Å². The Balaban J connectivity index is 1.59. The van der Waals surface area contributed by atoms with Gasteiger partial charge in [-0.15, -0.1) is 0 Å². The summed E-state index contributed by atoms with van der Waals surface area (Å²) in [6.07, 6.45) is 8.90. The molecule has 1 aromatic carbocycles. The molecule has 5 nitrogen and oxygen atoms in total. The highest BCUT2D eigenvalue weighted by atomic mass is 32.1. The second-order valence-electron chi connectivity index (χ2n) is 7.97. The fourth-order valence-electron chi connectivity index (χ4n) is 4.87. The van der Waals surface area contributed by atoms with E-state index in [1.54, 1.807) is 7.11 Å². The zero-order chi connectivity index (χ0) is 20.5. The number of hydrogen-bond donors (Lipinski definition) is 1. The summed E-state index contributed by atoms with van der Waals surface area (Å²) in [7, 11) is 1.69. The van der Waals surface area contributed by atoms with E-state index in [2.05, 4.69) is 56.3 Å². The van der Waals surface area contributed by atoms with E-state index in [4.69, 9.17) is 17.0 Å². The molecule has 2 fully saturated rings. The number of nitrogens with one attached hydrogen (secondary N) is 1. The van der Waals surface area contributed by atoms with Crippen molar-refractivity contribution in [1.29, 1.82) is 0 Å². The van der Waals surface area contributed by atoms with Crippen molar-refractivity contribution in [2.45, 2.75) is 43.8 Å². The quantitative estimate of drug-likeness (QED) is 0.603. The Bertz CT molecular complexity index is 1010. The zero-order valence-electron chi connectivity index (χ0n) is 17.1. The topological polar surface area (TPSA) is 42.3 Å². The molecule has 2 atom stereocenters. The molecular formula is C24H26N4OS. The molecule has 2 aromatic heterocycles. The second kappa shape index (κ2) is 8.11. The van der Waals surface area contributed by atoms with Crippen molar-refractivity contribution < 1.29 is 4.74 Å². The van der Waals surface area contributed by atoms with E-state index >= 15 is 0 Å². The molecule has 1 saturated heterocycles. The maximum Gasteiger partial charge on any atom is 0.170 e. The number of methoxy groups -OCH3 is 1. The predicted molar refractivity (Wildman–Crippen MR) is 122 cm³/mol. The van der Waals surface area contributed by atoms with Gasteiger partial charge >= 0.3 is 0 Å². The van der Waals surface area contributed by atoms with Crippen LogP contribution in [0.2, 0.25) is 0 Å². The number of pyridine rings is 1. The van der Waals surface area contributed by atoms with E-state index in [-0.39, 0.29) is 12.1 Å². The molecule has 0 bridgehead atoms. The fraction of sp³-hybridized carbons (Fsp3) is 0.333. The SMILES string of the molecule is COc1ccc(-n2cccc2[C@@H]2[C@@H](c3ccccn3)NC(=S)N2C2CCCC2)cc1. The molecule has 5 rings (SSSR count). The van der Waals surface area contributed by atoms with Crippen LogP contribution in [-0.2, 0) is 0 Å². The summed E-state index contributed by atoms with van der Waals surface area (Å²) >= 11 is 5.86. The second-order valence-corrected chi connectivity index (χ2v) is 8.36. The first-order valence-electron chi connectivity index (χ1n) is 10.6. The summed E-state index contributed by atoms with van der Waals surface area (Å²) in [6.45, 7) is 0. The van der Waals surface area contributed by atoms with Gasteiger partial charge in [0.05, 0.1) is 24.9 Å². The average Bonchev–Trinajstić information content (AvgIpc) is 3.54. The van der Waals surface area contributed by atoms with Crippen molar-refractivity contribution in [2.24, 2.45) is 0 Å². The minimum absolute atomic E-state index is 0.0196. The fourth-order valence-corrected chi connectivity index (χ4v) is 5.26. The maximum atomic E-state index is 5.86. The Labute approximate surface area is 182 Å². The van der Waals surface area contributed by atoms with E-state index in [0.29, 0.717) is 6.04 Å². The summed E-state index contributed by atoms with van der Waals surface area (Å²) < 4.78 is 7.60. The largest absolute Gasteiger partial charge is 0.497 e. The Kier molecular flexibility index (Phi) is 5.17. The lowest BCUT2D eigenvalue weighted by molar-refractivity contribution is 0.239. The van der Waals surface area contributed by atoms with Crippen LogP contribution in [0.1, 0.15) is 49.2 Å². The number of ether oxygens (including phenoxy) is 1. The van der Waals surface area contributed by atoms with E-state index < -0.39 is 0 Å². The Morgan fingerprint density at radius 3 is 2.53 bits per heavy atom. The lowest BCUT2D eigenvalue weighted by Gasteiger charge is -2.33. The van der Waals surface area contributed by atoms with E-state index in [1.165, 1.54) is 31.4 Å². The van der Waals surface area contributed by atoms with Gasteiger partial charge in [-0.2, -0.15) is 0 Å². The molecule has 1 saturated carbocycles. The van der Waals surface area contributed by atoms with Gasteiger partial charge in [0.15, 0.2) is 5.11 Å². The summed E-state index contributed by atoms with van der Waals surface area (Å²) in [4.78, 5) is 7.11.